The fourth-order valence-electron chi connectivity index (χ4n) is 4.42. The molecule has 30 heavy (non-hydrogen) atoms. The highest BCUT2D eigenvalue weighted by molar-refractivity contribution is 5.84. The molecule has 2 aromatic carbocycles. The summed E-state index contributed by atoms with van der Waals surface area (Å²) < 4.78 is 0. The number of rotatable bonds is 7. The molecule has 1 aromatic heterocycles. The Labute approximate surface area is 179 Å². The predicted molar refractivity (Wildman–Crippen MR) is 123 cm³/mol. The molecule has 0 aliphatic carbocycles. The van der Waals surface area contributed by atoms with Crippen LogP contribution in [0.4, 0.5) is 0 Å². The molecule has 0 saturated carbocycles. The van der Waals surface area contributed by atoms with Crippen LogP contribution in [0.5, 0.6) is 0 Å². The molecule has 1 aliphatic rings. The first kappa shape index (κ1) is 20.6. The van der Waals surface area contributed by atoms with Crippen LogP contribution in [0.15, 0.2) is 60.8 Å². The lowest BCUT2D eigenvalue weighted by Crippen LogP contribution is -2.53. The number of H-pyrrole nitrogens is 1. The first-order valence-corrected chi connectivity index (χ1v) is 11.0. The minimum absolute atomic E-state index is 0.175. The fourth-order valence-corrected chi connectivity index (χ4v) is 4.42. The summed E-state index contributed by atoms with van der Waals surface area (Å²) in [5, 5.41) is 4.78. The Morgan fingerprint density at radius 2 is 1.73 bits per heavy atom. The maximum Gasteiger partial charge on any atom is 0.239 e. The number of aromatic nitrogens is 1. The molecule has 158 valence electrons. The average Bonchev–Trinajstić information content (AvgIpc) is 3.23. The Kier molecular flexibility index (Phi) is 6.50. The van der Waals surface area contributed by atoms with Crippen molar-refractivity contribution in [2.45, 2.75) is 25.8 Å². The van der Waals surface area contributed by atoms with Crippen LogP contribution in [0.1, 0.15) is 30.9 Å². The quantitative estimate of drug-likeness (QED) is 0.634. The molecule has 5 nitrogen and oxygen atoms in total. The number of para-hydroxylation sites is 1. The van der Waals surface area contributed by atoms with Crippen molar-refractivity contribution in [2.75, 3.05) is 39.3 Å². The summed E-state index contributed by atoms with van der Waals surface area (Å²) in [7, 11) is 0. The lowest BCUT2D eigenvalue weighted by molar-refractivity contribution is -0.134. The highest BCUT2D eigenvalue weighted by Gasteiger charge is 2.26. The molecule has 2 heterocycles. The van der Waals surface area contributed by atoms with Gasteiger partial charge in [0.25, 0.3) is 0 Å². The molecule has 1 amide bonds. The van der Waals surface area contributed by atoms with Gasteiger partial charge in [0.1, 0.15) is 0 Å². The van der Waals surface area contributed by atoms with E-state index in [2.05, 4.69) is 76.9 Å². The maximum atomic E-state index is 13.0. The second-order valence-electron chi connectivity index (χ2n) is 8.14. The standard InChI is InChI=1S/C25H32N4O/c1-3-28-13-15-29(16-14-28)25(30)19(2)26-17-22(20-9-5-4-6-10-20)23-18-27-24-12-8-7-11-21(23)24/h4-12,18-19,22,26-27H,3,13-17H2,1-2H3/t19-,22-/m1/s1. The molecule has 0 unspecified atom stereocenters. The lowest BCUT2D eigenvalue weighted by Gasteiger charge is -2.35. The van der Waals surface area contributed by atoms with E-state index in [1.165, 1.54) is 16.5 Å². The number of piperazine rings is 1. The predicted octanol–water partition coefficient (Wildman–Crippen LogP) is 3.44. The van der Waals surface area contributed by atoms with Gasteiger partial charge in [0.15, 0.2) is 0 Å². The van der Waals surface area contributed by atoms with Crippen molar-refractivity contribution in [3.05, 3.63) is 71.9 Å². The van der Waals surface area contributed by atoms with Crippen LogP contribution in [0, 0.1) is 0 Å². The molecule has 1 aliphatic heterocycles. The summed E-state index contributed by atoms with van der Waals surface area (Å²) in [6.45, 7) is 9.52. The van der Waals surface area contributed by atoms with Crippen LogP contribution >= 0.6 is 0 Å². The molecule has 0 bridgehead atoms. The van der Waals surface area contributed by atoms with Crippen molar-refractivity contribution in [2.24, 2.45) is 0 Å². The molecule has 4 rings (SSSR count). The molecule has 2 atom stereocenters. The van der Waals surface area contributed by atoms with E-state index in [9.17, 15) is 4.79 Å². The van der Waals surface area contributed by atoms with Gasteiger partial charge in [0.05, 0.1) is 6.04 Å². The molecular weight excluding hydrogens is 372 g/mol. The number of benzene rings is 2. The number of fused-ring (bicyclic) bond motifs is 1. The van der Waals surface area contributed by atoms with E-state index in [0.29, 0.717) is 6.54 Å². The highest BCUT2D eigenvalue weighted by Crippen LogP contribution is 2.30. The van der Waals surface area contributed by atoms with Crippen molar-refractivity contribution in [3.63, 3.8) is 0 Å². The minimum Gasteiger partial charge on any atom is -0.361 e. The van der Waals surface area contributed by atoms with Crippen molar-refractivity contribution < 1.29 is 4.79 Å². The van der Waals surface area contributed by atoms with Crippen LogP contribution in [0.2, 0.25) is 0 Å². The van der Waals surface area contributed by atoms with Gasteiger partial charge in [0.2, 0.25) is 5.91 Å². The first-order chi connectivity index (χ1) is 14.7. The van der Waals surface area contributed by atoms with Gasteiger partial charge in [-0.2, -0.15) is 0 Å². The van der Waals surface area contributed by atoms with Crippen molar-refractivity contribution >= 4 is 16.8 Å². The number of hydrogen-bond acceptors (Lipinski definition) is 3. The molecule has 2 N–H and O–H groups in total. The minimum atomic E-state index is -0.199. The molecule has 1 saturated heterocycles. The number of aromatic amines is 1. The number of carbonyl (C=O) groups excluding carboxylic acids is 1. The third-order valence-corrected chi connectivity index (χ3v) is 6.33. The molecule has 3 aromatic rings. The van der Waals surface area contributed by atoms with Crippen molar-refractivity contribution in [1.29, 1.82) is 0 Å². The summed E-state index contributed by atoms with van der Waals surface area (Å²) in [5.74, 6) is 0.381. The van der Waals surface area contributed by atoms with E-state index in [0.717, 1.165) is 38.2 Å². The second-order valence-corrected chi connectivity index (χ2v) is 8.14. The zero-order valence-electron chi connectivity index (χ0n) is 18.0. The number of nitrogens with one attached hydrogen (secondary N) is 2. The van der Waals surface area contributed by atoms with Gasteiger partial charge in [0, 0.05) is 55.7 Å². The average molecular weight is 405 g/mol. The maximum absolute atomic E-state index is 13.0. The SMILES string of the molecule is CCN1CCN(C(=O)[C@@H](C)NC[C@H](c2ccccc2)c2c[nH]c3ccccc23)CC1. The fraction of sp³-hybridized carbons (Fsp3) is 0.400. The van der Waals surface area contributed by atoms with Crippen LogP contribution in [-0.4, -0.2) is 66.0 Å². The third-order valence-electron chi connectivity index (χ3n) is 6.33. The monoisotopic (exact) mass is 404 g/mol. The van der Waals surface area contributed by atoms with Crippen molar-refractivity contribution in [3.8, 4) is 0 Å². The van der Waals surface area contributed by atoms with Gasteiger partial charge in [-0.15, -0.1) is 0 Å². The van der Waals surface area contributed by atoms with Gasteiger partial charge in [-0.1, -0.05) is 55.5 Å². The van der Waals surface area contributed by atoms with Gasteiger partial charge in [-0.05, 0) is 30.7 Å². The Hall–Kier alpha value is -2.63. The molecule has 5 heteroatoms. The largest absolute Gasteiger partial charge is 0.361 e. The van der Waals surface area contributed by atoms with Crippen LogP contribution in [0.3, 0.4) is 0 Å². The number of carbonyl (C=O) groups is 1. The highest BCUT2D eigenvalue weighted by atomic mass is 16.2. The Morgan fingerprint density at radius 1 is 1.03 bits per heavy atom. The van der Waals surface area contributed by atoms with Gasteiger partial charge in [-0.3, -0.25) is 4.79 Å². The van der Waals surface area contributed by atoms with E-state index in [1.54, 1.807) is 0 Å². The molecular formula is C25H32N4O. The van der Waals surface area contributed by atoms with E-state index < -0.39 is 0 Å². The summed E-state index contributed by atoms with van der Waals surface area (Å²) >= 11 is 0. The Bertz CT molecular complexity index is 959. The molecule has 1 fully saturated rings. The molecule has 0 spiro atoms. The van der Waals surface area contributed by atoms with Crippen LogP contribution < -0.4 is 5.32 Å². The first-order valence-electron chi connectivity index (χ1n) is 11.0. The summed E-state index contributed by atoms with van der Waals surface area (Å²) in [6, 6.07) is 18.8. The number of likely N-dealkylation sites (N-methyl/N-ethyl adjacent to an activating group) is 1. The summed E-state index contributed by atoms with van der Waals surface area (Å²) in [6.07, 6.45) is 2.11. The summed E-state index contributed by atoms with van der Waals surface area (Å²) in [5.41, 5.74) is 3.66. The van der Waals surface area contributed by atoms with Crippen LogP contribution in [0.25, 0.3) is 10.9 Å². The van der Waals surface area contributed by atoms with E-state index in [1.807, 2.05) is 17.9 Å². The van der Waals surface area contributed by atoms with Crippen molar-refractivity contribution in [1.82, 2.24) is 20.1 Å². The van der Waals surface area contributed by atoms with Gasteiger partial charge < -0.3 is 20.1 Å². The number of amides is 1. The topological polar surface area (TPSA) is 51.4 Å². The van der Waals surface area contributed by atoms with Gasteiger partial charge in [-0.25, -0.2) is 0 Å². The van der Waals surface area contributed by atoms with E-state index in [4.69, 9.17) is 0 Å². The number of hydrogen-bond donors (Lipinski definition) is 2. The zero-order chi connectivity index (χ0) is 20.9. The zero-order valence-corrected chi connectivity index (χ0v) is 18.0. The summed E-state index contributed by atoms with van der Waals surface area (Å²) in [4.78, 5) is 20.8. The Morgan fingerprint density at radius 3 is 2.47 bits per heavy atom. The van der Waals surface area contributed by atoms with Crippen LogP contribution in [-0.2, 0) is 4.79 Å². The number of nitrogens with zero attached hydrogens (tertiary/aromatic N) is 2. The van der Waals surface area contributed by atoms with Gasteiger partial charge >= 0.3 is 0 Å². The normalized spacial score (nSPS) is 17.2. The smallest absolute Gasteiger partial charge is 0.239 e. The molecule has 0 radical (unpaired) electrons. The third kappa shape index (κ3) is 4.42. The van der Waals surface area contributed by atoms with E-state index in [-0.39, 0.29) is 17.9 Å². The second kappa shape index (κ2) is 9.45. The lowest BCUT2D eigenvalue weighted by atomic mass is 9.90. The Balaban J connectivity index is 1.48. The van der Waals surface area contributed by atoms with E-state index >= 15 is 0 Å².